The molecule has 2 aromatic carbocycles. The molecule has 2 heterocycles. The number of sulfonamides is 1. The van der Waals surface area contributed by atoms with E-state index in [0.717, 1.165) is 19.6 Å². The zero-order chi connectivity index (χ0) is 20.6. The van der Waals surface area contributed by atoms with Crippen molar-refractivity contribution in [2.24, 2.45) is 4.40 Å². The van der Waals surface area contributed by atoms with Crippen molar-refractivity contribution in [3.63, 3.8) is 0 Å². The van der Waals surface area contributed by atoms with E-state index in [9.17, 15) is 8.42 Å². The first kappa shape index (κ1) is 20.1. The van der Waals surface area contributed by atoms with Gasteiger partial charge < -0.3 is 10.6 Å². The van der Waals surface area contributed by atoms with Crippen molar-refractivity contribution >= 4 is 21.5 Å². The van der Waals surface area contributed by atoms with Crippen molar-refractivity contribution in [2.75, 3.05) is 31.5 Å². The molecule has 2 aliphatic heterocycles. The molecule has 6 nitrogen and oxygen atoms in total. The van der Waals surface area contributed by atoms with Gasteiger partial charge in [0.1, 0.15) is 10.7 Å². The summed E-state index contributed by atoms with van der Waals surface area (Å²) in [5.41, 5.74) is 3.24. The molecule has 0 aromatic heterocycles. The van der Waals surface area contributed by atoms with E-state index in [2.05, 4.69) is 65.0 Å². The molecule has 1 fully saturated rings. The maximum atomic E-state index is 12.5. The van der Waals surface area contributed by atoms with Crippen LogP contribution >= 0.6 is 0 Å². The highest BCUT2D eigenvalue weighted by Gasteiger charge is 2.29. The maximum absolute atomic E-state index is 12.5. The molecule has 154 valence electrons. The number of nitrogens with one attached hydrogen (secondary N) is 2. The number of fused-ring (bicyclic) bond motifs is 1. The predicted molar refractivity (Wildman–Crippen MR) is 117 cm³/mol. The van der Waals surface area contributed by atoms with Crippen molar-refractivity contribution in [2.45, 2.75) is 37.1 Å². The van der Waals surface area contributed by atoms with E-state index in [1.165, 1.54) is 11.1 Å². The quantitative estimate of drug-likeness (QED) is 0.810. The number of hydrogen-bond acceptors (Lipinski definition) is 5. The topological polar surface area (TPSA) is 73.8 Å². The molecule has 0 aliphatic carbocycles. The van der Waals surface area contributed by atoms with Gasteiger partial charge in [-0.2, -0.15) is 8.42 Å². The molecular weight excluding hydrogens is 384 g/mol. The van der Waals surface area contributed by atoms with Crippen molar-refractivity contribution in [3.05, 3.63) is 59.7 Å². The van der Waals surface area contributed by atoms with Gasteiger partial charge in [-0.1, -0.05) is 57.2 Å². The summed E-state index contributed by atoms with van der Waals surface area (Å²) in [5.74, 6) is 0.474. The van der Waals surface area contributed by atoms with Crippen molar-refractivity contribution in [3.8, 4) is 0 Å². The first-order chi connectivity index (χ1) is 13.7. The van der Waals surface area contributed by atoms with Crippen LogP contribution in [-0.2, 0) is 15.4 Å². The molecule has 2 aromatic rings. The lowest BCUT2D eigenvalue weighted by molar-refractivity contribution is 0.186. The number of amidine groups is 1. The molecule has 1 saturated heterocycles. The van der Waals surface area contributed by atoms with E-state index in [1.807, 2.05) is 6.07 Å². The molecule has 0 bridgehead atoms. The van der Waals surface area contributed by atoms with E-state index < -0.39 is 10.0 Å². The Bertz CT molecular complexity index is 1020. The number of piperazine rings is 1. The van der Waals surface area contributed by atoms with Crippen LogP contribution in [0.25, 0.3) is 0 Å². The summed E-state index contributed by atoms with van der Waals surface area (Å²) in [6.45, 7) is 9.61. The largest absolute Gasteiger partial charge is 0.341 e. The zero-order valence-electron chi connectivity index (χ0n) is 17.1. The van der Waals surface area contributed by atoms with Crippen LogP contribution in [0.2, 0.25) is 0 Å². The minimum absolute atomic E-state index is 0.117. The van der Waals surface area contributed by atoms with Gasteiger partial charge in [0.25, 0.3) is 10.0 Å². The van der Waals surface area contributed by atoms with E-state index in [0.29, 0.717) is 18.1 Å². The van der Waals surface area contributed by atoms with Crippen molar-refractivity contribution in [1.29, 1.82) is 0 Å². The molecular formula is C22H28N4O2S. The third-order valence-electron chi connectivity index (χ3n) is 5.54. The smallest absolute Gasteiger partial charge is 0.286 e. The van der Waals surface area contributed by atoms with E-state index in [1.54, 1.807) is 18.2 Å². The van der Waals surface area contributed by atoms with E-state index in [4.69, 9.17) is 0 Å². The number of hydrogen-bond donors (Lipinski definition) is 2. The molecule has 2 N–H and O–H groups in total. The Hall–Kier alpha value is -2.22. The summed E-state index contributed by atoms with van der Waals surface area (Å²) in [4.78, 5) is 2.52. The van der Waals surface area contributed by atoms with Crippen LogP contribution in [0.15, 0.2) is 57.8 Å². The highest BCUT2D eigenvalue weighted by atomic mass is 32.2. The fourth-order valence-electron chi connectivity index (χ4n) is 3.90. The summed E-state index contributed by atoms with van der Waals surface area (Å²) in [6.07, 6.45) is 0. The van der Waals surface area contributed by atoms with Crippen LogP contribution in [0.4, 0.5) is 5.69 Å². The average Bonchev–Trinajstić information content (AvgIpc) is 2.67. The first-order valence-corrected chi connectivity index (χ1v) is 11.4. The molecule has 4 rings (SSSR count). The first-order valence-electron chi connectivity index (χ1n) is 9.99. The lowest BCUT2D eigenvalue weighted by Crippen LogP contribution is -2.49. The van der Waals surface area contributed by atoms with Crippen molar-refractivity contribution < 1.29 is 8.42 Å². The Morgan fingerprint density at radius 1 is 1.10 bits per heavy atom. The van der Waals surface area contributed by atoms with Gasteiger partial charge in [0.15, 0.2) is 0 Å². The highest BCUT2D eigenvalue weighted by molar-refractivity contribution is 7.90. The summed E-state index contributed by atoms with van der Waals surface area (Å²) < 4.78 is 29.1. The Morgan fingerprint density at radius 2 is 1.83 bits per heavy atom. The lowest BCUT2D eigenvalue weighted by atomic mass is 9.86. The Kier molecular flexibility index (Phi) is 5.23. The van der Waals surface area contributed by atoms with Crippen LogP contribution in [0.1, 0.15) is 37.9 Å². The van der Waals surface area contributed by atoms with Crippen molar-refractivity contribution in [1.82, 2.24) is 10.2 Å². The SMILES string of the molecule is CC(C)(C)c1ccc(C2CNCCN2CC2=NS(=O)(=O)c3ccccc3N2)cc1. The van der Waals surface area contributed by atoms with E-state index >= 15 is 0 Å². The Balaban J connectivity index is 1.57. The van der Waals surface area contributed by atoms with Crippen LogP contribution in [0.5, 0.6) is 0 Å². The number of para-hydroxylation sites is 1. The normalized spacial score (nSPS) is 21.8. The van der Waals surface area contributed by atoms with Gasteiger partial charge in [-0.3, -0.25) is 4.90 Å². The molecule has 1 atom stereocenters. The molecule has 2 aliphatic rings. The lowest BCUT2D eigenvalue weighted by Gasteiger charge is -2.37. The third kappa shape index (κ3) is 4.22. The number of nitrogens with zero attached hydrogens (tertiary/aromatic N) is 2. The van der Waals surface area contributed by atoms with Gasteiger partial charge in [0.2, 0.25) is 0 Å². The fraction of sp³-hybridized carbons (Fsp3) is 0.409. The van der Waals surface area contributed by atoms with Gasteiger partial charge >= 0.3 is 0 Å². The van der Waals surface area contributed by atoms with Gasteiger partial charge in [0, 0.05) is 25.7 Å². The maximum Gasteiger partial charge on any atom is 0.286 e. The Morgan fingerprint density at radius 3 is 2.55 bits per heavy atom. The van der Waals surface area contributed by atoms with Crippen LogP contribution in [-0.4, -0.2) is 45.3 Å². The summed E-state index contributed by atoms with van der Waals surface area (Å²) in [7, 11) is -3.66. The van der Waals surface area contributed by atoms with Gasteiger partial charge in [-0.15, -0.1) is 4.40 Å². The monoisotopic (exact) mass is 412 g/mol. The molecule has 0 saturated carbocycles. The van der Waals surface area contributed by atoms with Gasteiger partial charge in [-0.25, -0.2) is 0 Å². The Labute approximate surface area is 173 Å². The standard InChI is InChI=1S/C22H28N4O2S/c1-22(2,3)17-10-8-16(9-11-17)19-14-23-12-13-26(19)15-21-24-18-6-4-5-7-20(18)29(27,28)25-21/h4-11,19,23H,12-15H2,1-3H3,(H,24,25). The molecule has 1 unspecified atom stereocenters. The van der Waals surface area contributed by atoms with Gasteiger partial charge in [0.05, 0.1) is 12.2 Å². The molecule has 0 radical (unpaired) electrons. The summed E-state index contributed by atoms with van der Waals surface area (Å²) in [5, 5.41) is 6.67. The zero-order valence-corrected chi connectivity index (χ0v) is 18.0. The number of benzene rings is 2. The summed E-state index contributed by atoms with van der Waals surface area (Å²) >= 11 is 0. The highest BCUT2D eigenvalue weighted by Crippen LogP contribution is 2.29. The van der Waals surface area contributed by atoms with Gasteiger partial charge in [-0.05, 0) is 28.7 Å². The molecule has 0 amide bonds. The predicted octanol–water partition coefficient (Wildman–Crippen LogP) is 3.14. The van der Waals surface area contributed by atoms with Crippen LogP contribution in [0, 0.1) is 0 Å². The van der Waals surface area contributed by atoms with Crippen LogP contribution in [0.3, 0.4) is 0 Å². The average molecular weight is 413 g/mol. The molecule has 0 spiro atoms. The molecule has 29 heavy (non-hydrogen) atoms. The number of rotatable bonds is 3. The minimum atomic E-state index is -3.66. The number of anilines is 1. The molecule has 7 heteroatoms. The second kappa shape index (κ2) is 7.55. The second-order valence-corrected chi connectivity index (χ2v) is 10.3. The van der Waals surface area contributed by atoms with Crippen LogP contribution < -0.4 is 10.6 Å². The van der Waals surface area contributed by atoms with E-state index in [-0.39, 0.29) is 16.4 Å². The summed E-state index contributed by atoms with van der Waals surface area (Å²) in [6, 6.07) is 15.8. The minimum Gasteiger partial charge on any atom is -0.341 e. The fourth-order valence-corrected chi connectivity index (χ4v) is 5.04. The third-order valence-corrected chi connectivity index (χ3v) is 6.92. The second-order valence-electron chi connectivity index (χ2n) is 8.70.